The molecule has 0 N–H and O–H groups in total. The Hall–Kier alpha value is -3.12. The van der Waals surface area contributed by atoms with Gasteiger partial charge in [-0.1, -0.05) is 36.4 Å². The molecule has 0 amide bonds. The van der Waals surface area contributed by atoms with Crippen LogP contribution in [-0.2, 0) is 32.9 Å². The van der Waals surface area contributed by atoms with Gasteiger partial charge in [-0.25, -0.2) is 4.98 Å². The Labute approximate surface area is 311 Å². The summed E-state index contributed by atoms with van der Waals surface area (Å²) >= 11 is -2.24. The molecule has 0 spiro atoms. The number of benzene rings is 2. The summed E-state index contributed by atoms with van der Waals surface area (Å²) in [5, 5.41) is 1.28. The van der Waals surface area contributed by atoms with Crippen LogP contribution in [0.15, 0.2) is 77.5 Å². The standard InChI is InChI=1S/C22H21N2O.C19H26GeN.Ir/c1-13(2)10-16-11-20(23-12-14(16)3)19-7-5-6-17-18-9-8-15(4)24-22(18)25-21(17)19;1-19(2,3)13-16-12-18(15-10-8-7-9-11-15)21-14-17(16)20(4,5)6;/h5-6,8-9,11-13H,10H2,1-4H3;7-10,12,14H,13H2,1-6H3;/q2*-1;/i3D3,4D3,10D2;13D2;. The molecule has 0 aliphatic heterocycles. The molecular weight excluding hydrogens is 815 g/mol. The predicted molar refractivity (Wildman–Crippen MR) is 196 cm³/mol. The molecule has 0 bridgehead atoms. The van der Waals surface area contributed by atoms with E-state index >= 15 is 0 Å². The Morgan fingerprint density at radius 1 is 0.894 bits per heavy atom. The Kier molecular flexibility index (Phi) is 7.94. The van der Waals surface area contributed by atoms with Crippen molar-refractivity contribution in [2.24, 2.45) is 11.3 Å². The van der Waals surface area contributed by atoms with Gasteiger partial charge in [-0.2, -0.15) is 0 Å². The van der Waals surface area contributed by atoms with Crippen molar-refractivity contribution in [3.8, 4) is 22.5 Å². The zero-order chi connectivity index (χ0) is 41.8. The zero-order valence-electron chi connectivity index (χ0n) is 38.1. The van der Waals surface area contributed by atoms with Crippen molar-refractivity contribution >= 4 is 39.7 Å². The summed E-state index contributed by atoms with van der Waals surface area (Å²) < 4.78 is 87.8. The molecule has 47 heavy (non-hydrogen) atoms. The van der Waals surface area contributed by atoms with Gasteiger partial charge in [0.25, 0.3) is 0 Å². The van der Waals surface area contributed by atoms with Crippen molar-refractivity contribution in [1.82, 2.24) is 15.0 Å². The Morgan fingerprint density at radius 3 is 2.32 bits per heavy atom. The van der Waals surface area contributed by atoms with E-state index in [4.69, 9.17) is 18.1 Å². The molecular formula is C41H47GeIrN3O-2. The van der Waals surface area contributed by atoms with Crippen molar-refractivity contribution in [2.45, 2.75) is 78.3 Å². The number of hydrogen-bond donors (Lipinski definition) is 0. The smallest absolute Gasteiger partial charge is 0 e. The Bertz CT molecular complexity index is 2360. The van der Waals surface area contributed by atoms with Crippen molar-refractivity contribution in [1.29, 1.82) is 0 Å². The summed E-state index contributed by atoms with van der Waals surface area (Å²) in [6, 6.07) is 23.8. The van der Waals surface area contributed by atoms with Crippen LogP contribution in [0.3, 0.4) is 0 Å². The normalized spacial score (nSPS) is 16.1. The fourth-order valence-corrected chi connectivity index (χ4v) is 8.02. The number of aryl methyl sites for hydroxylation is 2. The average Bonchev–Trinajstić information content (AvgIpc) is 3.48. The van der Waals surface area contributed by atoms with E-state index in [9.17, 15) is 0 Å². The van der Waals surface area contributed by atoms with E-state index in [1.54, 1.807) is 32.0 Å². The summed E-state index contributed by atoms with van der Waals surface area (Å²) in [6.45, 7) is 4.33. The van der Waals surface area contributed by atoms with Gasteiger partial charge in [0.2, 0.25) is 5.71 Å². The minimum Gasteiger partial charge on any atom is 0 e. The van der Waals surface area contributed by atoms with Crippen LogP contribution in [0.25, 0.3) is 44.6 Å². The number of furan rings is 1. The van der Waals surface area contributed by atoms with Crippen LogP contribution >= 0.6 is 0 Å². The molecule has 0 aliphatic rings. The fourth-order valence-electron chi connectivity index (χ4n) is 5.10. The fraction of sp³-hybridized carbons (Fsp3) is 0.341. The third-order valence-corrected chi connectivity index (χ3v) is 11.3. The second-order valence-electron chi connectivity index (χ2n) is 13.7. The van der Waals surface area contributed by atoms with Crippen molar-refractivity contribution in [2.75, 3.05) is 0 Å². The van der Waals surface area contributed by atoms with Crippen LogP contribution in [-0.4, -0.2) is 28.2 Å². The number of rotatable bonds is 6. The molecule has 247 valence electrons. The predicted octanol–water partition coefficient (Wildman–Crippen LogP) is 10.3. The van der Waals surface area contributed by atoms with Crippen LogP contribution in [0.2, 0.25) is 17.3 Å². The van der Waals surface area contributed by atoms with E-state index in [0.717, 1.165) is 21.2 Å². The Balaban J connectivity index is 0.000000265. The first-order valence-corrected chi connectivity index (χ1v) is 22.7. The second-order valence-corrected chi connectivity index (χ2v) is 24.2. The molecule has 4 heterocycles. The maximum Gasteiger partial charge on any atom is 0 e. The van der Waals surface area contributed by atoms with E-state index in [2.05, 4.69) is 44.4 Å². The first-order chi connectivity index (χ1) is 25.7. The monoisotopic (exact) mass is 874 g/mol. The number of fused-ring (bicyclic) bond motifs is 3. The molecule has 1 radical (unpaired) electrons. The summed E-state index contributed by atoms with van der Waals surface area (Å²) in [7, 11) is 0. The molecule has 0 atom stereocenters. The van der Waals surface area contributed by atoms with Crippen molar-refractivity contribution in [3.05, 3.63) is 108 Å². The minimum atomic E-state index is -2.53. The maximum absolute atomic E-state index is 8.76. The third kappa shape index (κ3) is 9.07. The molecule has 6 aromatic rings. The molecule has 6 heteroatoms. The van der Waals surface area contributed by atoms with Gasteiger partial charge in [0.05, 0.1) is 5.58 Å². The van der Waals surface area contributed by atoms with Crippen LogP contribution in [0.5, 0.6) is 0 Å². The molecule has 4 aromatic heterocycles. The maximum atomic E-state index is 8.76. The van der Waals surface area contributed by atoms with E-state index in [-0.39, 0.29) is 42.6 Å². The van der Waals surface area contributed by atoms with E-state index in [1.807, 2.05) is 57.3 Å². The molecule has 6 rings (SSSR count). The first-order valence-electron chi connectivity index (χ1n) is 20.4. The number of hydrogen-bond acceptors (Lipinski definition) is 4. The van der Waals surface area contributed by atoms with Crippen molar-refractivity contribution in [3.63, 3.8) is 0 Å². The van der Waals surface area contributed by atoms with Crippen LogP contribution < -0.4 is 4.40 Å². The van der Waals surface area contributed by atoms with Crippen LogP contribution in [0.1, 0.15) is 70.7 Å². The minimum absolute atomic E-state index is 0. The molecule has 0 saturated carbocycles. The van der Waals surface area contributed by atoms with Gasteiger partial charge in [-0.3, -0.25) is 0 Å². The average molecular weight is 873 g/mol. The molecule has 0 saturated heterocycles. The van der Waals surface area contributed by atoms with E-state index in [0.29, 0.717) is 27.6 Å². The first kappa shape index (κ1) is 24.9. The topological polar surface area (TPSA) is 51.8 Å². The second kappa shape index (κ2) is 15.0. The summed E-state index contributed by atoms with van der Waals surface area (Å²) in [6.07, 6.45) is -0.236. The van der Waals surface area contributed by atoms with E-state index < -0.39 is 51.0 Å². The SMILES string of the molecule is [2H]C([2H])([2H])c1ccc2c(n1)oc1c(-c3cc(C([2H])([2H])C(C)C)c(C([2H])([2H])[2H])cn3)[c-]ccc12.[2H]C([2H])(c1cc(-c2[c-]cccc2)nc[c]1[Ge]([CH3])([CH3])[CH3])C(C)(C)C.[Ir]. The molecule has 4 nitrogen and oxygen atoms in total. The van der Waals surface area contributed by atoms with Gasteiger partial charge in [0, 0.05) is 48.3 Å². The summed E-state index contributed by atoms with van der Waals surface area (Å²) in [4.78, 5) is 13.1. The van der Waals surface area contributed by atoms with E-state index in [1.165, 1.54) is 18.3 Å². The Morgan fingerprint density at radius 2 is 1.66 bits per heavy atom. The largest absolute Gasteiger partial charge is 0 e. The molecule has 0 unspecified atom stereocenters. The summed E-state index contributed by atoms with van der Waals surface area (Å²) in [5.74, 6) is 6.37. The number of pyridine rings is 3. The number of nitrogens with zero attached hydrogens (tertiary/aromatic N) is 3. The van der Waals surface area contributed by atoms with Gasteiger partial charge in [-0.05, 0) is 49.4 Å². The van der Waals surface area contributed by atoms with Gasteiger partial charge in [0.15, 0.2) is 0 Å². The quantitative estimate of drug-likeness (QED) is 0.124. The molecule has 0 aliphatic carbocycles. The van der Waals surface area contributed by atoms with Gasteiger partial charge >= 0.3 is 135 Å². The van der Waals surface area contributed by atoms with Gasteiger partial charge in [-0.15, -0.1) is 18.2 Å². The third-order valence-electron chi connectivity index (χ3n) is 7.11. The molecule has 0 fully saturated rings. The van der Waals surface area contributed by atoms with Gasteiger partial charge < -0.3 is 9.40 Å². The van der Waals surface area contributed by atoms with Crippen LogP contribution in [0.4, 0.5) is 0 Å². The van der Waals surface area contributed by atoms with Crippen molar-refractivity contribution < 1.29 is 38.2 Å². The molecule has 2 aromatic carbocycles. The zero-order valence-corrected chi connectivity index (χ0v) is 32.6. The van der Waals surface area contributed by atoms with Crippen LogP contribution in [0, 0.1) is 37.2 Å². The number of aromatic nitrogens is 3. The summed E-state index contributed by atoms with van der Waals surface area (Å²) in [5.41, 5.74) is 3.03. The van der Waals surface area contributed by atoms with Gasteiger partial charge in [0.1, 0.15) is 0 Å².